The number of carbonyl (C=O) groups is 1. The quantitative estimate of drug-likeness (QED) is 0.0399. The van der Waals surface area contributed by atoms with Crippen LogP contribution in [0.1, 0.15) is 97.3 Å². The van der Waals surface area contributed by atoms with E-state index in [0.29, 0.717) is 24.1 Å². The minimum atomic E-state index is -4.48. The summed E-state index contributed by atoms with van der Waals surface area (Å²) in [6, 6.07) is 0. The number of allylic oxidation sites excluding steroid dienone is 4. The number of nitrogens with zero attached hydrogens (tertiary/aromatic N) is 1. The zero-order valence-corrected chi connectivity index (χ0v) is 25.8. The van der Waals surface area contributed by atoms with Crippen LogP contribution in [0.2, 0.25) is 0 Å². The van der Waals surface area contributed by atoms with Crippen molar-refractivity contribution >= 4 is 13.8 Å². The molecular weight excluding hydrogens is 505 g/mol. The van der Waals surface area contributed by atoms with Crippen molar-refractivity contribution < 1.29 is 37.3 Å². The van der Waals surface area contributed by atoms with E-state index in [9.17, 15) is 14.3 Å². The summed E-state index contributed by atoms with van der Waals surface area (Å²) in [6.45, 7) is 4.94. The van der Waals surface area contributed by atoms with Gasteiger partial charge in [0.15, 0.2) is 0 Å². The molecule has 0 fully saturated rings. The molecule has 0 N–H and O–H groups in total. The van der Waals surface area contributed by atoms with Crippen LogP contribution in [0.15, 0.2) is 24.3 Å². The van der Waals surface area contributed by atoms with Gasteiger partial charge in [0.2, 0.25) is 0 Å². The topological polar surface area (TPSA) is 94.1 Å². The van der Waals surface area contributed by atoms with Crippen molar-refractivity contribution in [3.05, 3.63) is 24.3 Å². The van der Waals surface area contributed by atoms with Crippen LogP contribution in [0, 0.1) is 0 Å². The van der Waals surface area contributed by atoms with Gasteiger partial charge in [0.1, 0.15) is 19.3 Å². The summed E-state index contributed by atoms with van der Waals surface area (Å²) in [7, 11) is 1.34. The monoisotopic (exact) mass is 561 g/mol. The average molecular weight is 562 g/mol. The molecule has 38 heavy (non-hydrogen) atoms. The van der Waals surface area contributed by atoms with Gasteiger partial charge in [-0.05, 0) is 38.5 Å². The highest BCUT2D eigenvalue weighted by atomic mass is 31.2. The Balaban J connectivity index is 4.02. The van der Waals surface area contributed by atoms with Crippen LogP contribution in [-0.2, 0) is 27.9 Å². The van der Waals surface area contributed by atoms with Gasteiger partial charge >= 0.3 is 5.97 Å². The van der Waals surface area contributed by atoms with Gasteiger partial charge < -0.3 is 27.9 Å². The molecule has 0 bridgehead atoms. The number of hydrogen-bond acceptors (Lipinski definition) is 7. The lowest BCUT2D eigenvalue weighted by molar-refractivity contribution is -0.870. The molecule has 0 spiro atoms. The summed E-state index contributed by atoms with van der Waals surface area (Å²) < 4.78 is 33.5. The molecule has 0 rings (SSSR count). The fourth-order valence-electron chi connectivity index (χ4n) is 3.42. The SMILES string of the molecule is CCCC/C=C\C/C=C\CCCCCCCCOCC(COP(=O)([O-])OCC[N+](C)(C)C)OC(=O)CCC. The molecule has 0 radical (unpaired) electrons. The number of phosphoric ester groups is 1. The zero-order chi connectivity index (χ0) is 28.5. The number of carbonyl (C=O) groups excluding carboxylic acids is 1. The number of hydrogen-bond donors (Lipinski definition) is 0. The Labute approximate surface area is 233 Å². The number of rotatable bonds is 26. The van der Waals surface area contributed by atoms with Crippen LogP contribution in [0.25, 0.3) is 0 Å². The molecular formula is C29H56NO7P. The van der Waals surface area contributed by atoms with Gasteiger partial charge in [0, 0.05) is 13.0 Å². The Bertz CT molecular complexity index is 676. The highest BCUT2D eigenvalue weighted by Crippen LogP contribution is 2.38. The number of quaternary nitrogens is 1. The number of phosphoric acid groups is 1. The van der Waals surface area contributed by atoms with Gasteiger partial charge in [-0.15, -0.1) is 0 Å². The van der Waals surface area contributed by atoms with E-state index in [1.807, 2.05) is 28.1 Å². The van der Waals surface area contributed by atoms with E-state index in [1.54, 1.807) is 0 Å². The third-order valence-electron chi connectivity index (χ3n) is 5.73. The predicted octanol–water partition coefficient (Wildman–Crippen LogP) is 6.35. The van der Waals surface area contributed by atoms with Crippen molar-refractivity contribution in [2.75, 3.05) is 54.1 Å². The molecule has 2 atom stereocenters. The largest absolute Gasteiger partial charge is 0.756 e. The molecule has 0 heterocycles. The van der Waals surface area contributed by atoms with E-state index in [1.165, 1.54) is 38.5 Å². The first kappa shape index (κ1) is 37.0. The number of esters is 1. The summed E-state index contributed by atoms with van der Waals surface area (Å²) in [5.74, 6) is -0.394. The van der Waals surface area contributed by atoms with Crippen molar-refractivity contribution in [2.45, 2.75) is 103 Å². The van der Waals surface area contributed by atoms with Gasteiger partial charge in [-0.3, -0.25) is 9.36 Å². The minimum absolute atomic E-state index is 0.0224. The molecule has 0 aromatic heterocycles. The molecule has 0 saturated carbocycles. The van der Waals surface area contributed by atoms with Gasteiger partial charge in [-0.2, -0.15) is 0 Å². The first-order valence-electron chi connectivity index (χ1n) is 14.6. The second kappa shape index (κ2) is 23.8. The van der Waals surface area contributed by atoms with Crippen molar-refractivity contribution in [3.8, 4) is 0 Å². The molecule has 0 aromatic carbocycles. The molecule has 0 saturated heterocycles. The van der Waals surface area contributed by atoms with Gasteiger partial charge in [-0.25, -0.2) is 0 Å². The Hall–Kier alpha value is -1.02. The molecule has 0 aromatic rings. The first-order chi connectivity index (χ1) is 18.1. The van der Waals surface area contributed by atoms with Crippen LogP contribution >= 0.6 is 7.82 Å². The lowest BCUT2D eigenvalue weighted by atomic mass is 10.1. The smallest absolute Gasteiger partial charge is 0.306 e. The number of likely N-dealkylation sites (N-methyl/N-ethyl adjacent to an activating group) is 1. The van der Waals surface area contributed by atoms with Crippen LogP contribution in [0.3, 0.4) is 0 Å². The molecule has 224 valence electrons. The second-order valence-electron chi connectivity index (χ2n) is 10.8. The third-order valence-corrected chi connectivity index (χ3v) is 6.69. The summed E-state index contributed by atoms with van der Waals surface area (Å²) in [5.41, 5.74) is 0. The van der Waals surface area contributed by atoms with Crippen LogP contribution < -0.4 is 4.89 Å². The molecule has 9 heteroatoms. The number of unbranched alkanes of at least 4 members (excludes halogenated alkanes) is 8. The molecule has 8 nitrogen and oxygen atoms in total. The minimum Gasteiger partial charge on any atom is -0.756 e. The predicted molar refractivity (Wildman–Crippen MR) is 153 cm³/mol. The fraction of sp³-hybridized carbons (Fsp3) is 0.828. The Morgan fingerprint density at radius 3 is 2.08 bits per heavy atom. The lowest BCUT2D eigenvalue weighted by Gasteiger charge is -2.28. The summed E-state index contributed by atoms with van der Waals surface area (Å²) in [5, 5.41) is 0. The normalized spacial score (nSPS) is 14.8. The van der Waals surface area contributed by atoms with Gasteiger partial charge in [-0.1, -0.05) is 76.7 Å². The van der Waals surface area contributed by atoms with Crippen LogP contribution in [-0.4, -0.2) is 70.7 Å². The second-order valence-corrected chi connectivity index (χ2v) is 12.2. The van der Waals surface area contributed by atoms with E-state index in [0.717, 1.165) is 32.1 Å². The molecule has 2 unspecified atom stereocenters. The standard InChI is InChI=1S/C29H56NO7P/c1-6-8-9-10-11-12-13-14-15-16-17-18-19-20-21-24-34-26-28(37-29(31)22-7-2)27-36-38(32,33)35-25-23-30(3,4)5/h10-11,13-14,28H,6-9,12,15-27H2,1-5H3/b11-10-,14-13-. The van der Waals surface area contributed by atoms with Crippen molar-refractivity contribution in [1.82, 2.24) is 0 Å². The van der Waals surface area contributed by atoms with Crippen molar-refractivity contribution in [2.24, 2.45) is 0 Å². The van der Waals surface area contributed by atoms with Crippen LogP contribution in [0.5, 0.6) is 0 Å². The van der Waals surface area contributed by atoms with Gasteiger partial charge in [0.05, 0.1) is 34.4 Å². The molecule has 0 amide bonds. The maximum absolute atomic E-state index is 12.1. The molecule has 0 aliphatic rings. The zero-order valence-electron chi connectivity index (χ0n) is 24.9. The third kappa shape index (κ3) is 26.6. The van der Waals surface area contributed by atoms with Crippen molar-refractivity contribution in [3.63, 3.8) is 0 Å². The molecule has 0 aliphatic carbocycles. The van der Waals surface area contributed by atoms with E-state index in [2.05, 4.69) is 31.2 Å². The average Bonchev–Trinajstić information content (AvgIpc) is 2.83. The van der Waals surface area contributed by atoms with Crippen molar-refractivity contribution in [1.29, 1.82) is 0 Å². The van der Waals surface area contributed by atoms with E-state index >= 15 is 0 Å². The Morgan fingerprint density at radius 2 is 1.45 bits per heavy atom. The molecule has 0 aliphatic heterocycles. The number of ether oxygens (including phenoxy) is 2. The van der Waals surface area contributed by atoms with E-state index < -0.39 is 19.9 Å². The summed E-state index contributed by atoms with van der Waals surface area (Å²) in [6.07, 6.45) is 21.9. The van der Waals surface area contributed by atoms with Crippen LogP contribution in [0.4, 0.5) is 0 Å². The Kier molecular flexibility index (Phi) is 23.2. The summed E-state index contributed by atoms with van der Waals surface area (Å²) >= 11 is 0. The maximum atomic E-state index is 12.1. The van der Waals surface area contributed by atoms with Gasteiger partial charge in [0.25, 0.3) is 7.82 Å². The summed E-state index contributed by atoms with van der Waals surface area (Å²) in [4.78, 5) is 24.0. The highest BCUT2D eigenvalue weighted by molar-refractivity contribution is 7.45. The highest BCUT2D eigenvalue weighted by Gasteiger charge is 2.20. The maximum Gasteiger partial charge on any atom is 0.306 e. The Morgan fingerprint density at radius 1 is 0.816 bits per heavy atom. The lowest BCUT2D eigenvalue weighted by Crippen LogP contribution is -2.37. The van der Waals surface area contributed by atoms with E-state index in [-0.39, 0.29) is 26.2 Å². The van der Waals surface area contributed by atoms with E-state index in [4.69, 9.17) is 18.5 Å². The first-order valence-corrected chi connectivity index (χ1v) is 16.0. The fourth-order valence-corrected chi connectivity index (χ4v) is 4.15.